The van der Waals surface area contributed by atoms with Gasteiger partial charge in [0.15, 0.2) is 0 Å². The van der Waals surface area contributed by atoms with Crippen molar-refractivity contribution >= 4 is 21.6 Å². The Morgan fingerprint density at radius 1 is 1.05 bits per heavy atom. The minimum Gasteiger partial charge on any atom is -0.506 e. The SMILES string of the molecule is OCCc1ccc(NCc2cccc(Br)c2O)cc1. The highest BCUT2D eigenvalue weighted by atomic mass is 79.9. The fourth-order valence-electron chi connectivity index (χ4n) is 1.82. The van der Waals surface area contributed by atoms with Gasteiger partial charge in [-0.1, -0.05) is 24.3 Å². The number of rotatable bonds is 5. The molecule has 3 nitrogen and oxygen atoms in total. The number of halogens is 1. The van der Waals surface area contributed by atoms with E-state index in [0.717, 1.165) is 16.8 Å². The van der Waals surface area contributed by atoms with Gasteiger partial charge in [-0.2, -0.15) is 0 Å². The van der Waals surface area contributed by atoms with Gasteiger partial charge in [-0.25, -0.2) is 0 Å². The van der Waals surface area contributed by atoms with Crippen LogP contribution in [0.4, 0.5) is 5.69 Å². The quantitative estimate of drug-likeness (QED) is 0.792. The van der Waals surface area contributed by atoms with Gasteiger partial charge in [-0.05, 0) is 46.1 Å². The topological polar surface area (TPSA) is 52.5 Å². The third kappa shape index (κ3) is 3.72. The first-order chi connectivity index (χ1) is 9.20. The molecule has 4 heteroatoms. The van der Waals surface area contributed by atoms with E-state index >= 15 is 0 Å². The number of anilines is 1. The molecule has 0 fully saturated rings. The number of para-hydroxylation sites is 1. The standard InChI is InChI=1S/C15H16BrNO2/c16-14-3-1-2-12(15(14)19)10-17-13-6-4-11(5-7-13)8-9-18/h1-7,17-19H,8-10H2. The lowest BCUT2D eigenvalue weighted by Crippen LogP contribution is -2.00. The number of aliphatic hydroxyl groups excluding tert-OH is 1. The van der Waals surface area contributed by atoms with Crippen LogP contribution in [0, 0.1) is 0 Å². The molecular formula is C15H16BrNO2. The van der Waals surface area contributed by atoms with E-state index in [1.165, 1.54) is 0 Å². The van der Waals surface area contributed by atoms with Crippen LogP contribution in [0.25, 0.3) is 0 Å². The molecule has 0 unspecified atom stereocenters. The zero-order valence-electron chi connectivity index (χ0n) is 10.4. The van der Waals surface area contributed by atoms with E-state index in [2.05, 4.69) is 21.2 Å². The Hall–Kier alpha value is -1.52. The number of nitrogens with one attached hydrogen (secondary N) is 1. The second-order valence-electron chi connectivity index (χ2n) is 4.27. The summed E-state index contributed by atoms with van der Waals surface area (Å²) >= 11 is 3.30. The van der Waals surface area contributed by atoms with Gasteiger partial charge < -0.3 is 15.5 Å². The van der Waals surface area contributed by atoms with Crippen LogP contribution in [0.3, 0.4) is 0 Å². The van der Waals surface area contributed by atoms with E-state index < -0.39 is 0 Å². The molecule has 0 radical (unpaired) electrons. The largest absolute Gasteiger partial charge is 0.506 e. The van der Waals surface area contributed by atoms with E-state index in [4.69, 9.17) is 5.11 Å². The number of phenolic OH excluding ortho intramolecular Hbond substituents is 1. The summed E-state index contributed by atoms with van der Waals surface area (Å²) < 4.78 is 0.699. The summed E-state index contributed by atoms with van der Waals surface area (Å²) in [5, 5.41) is 22.0. The van der Waals surface area contributed by atoms with E-state index in [0.29, 0.717) is 17.4 Å². The molecule has 2 rings (SSSR count). The smallest absolute Gasteiger partial charge is 0.134 e. The number of aliphatic hydroxyl groups is 1. The van der Waals surface area contributed by atoms with Crippen LogP contribution in [-0.2, 0) is 13.0 Å². The summed E-state index contributed by atoms with van der Waals surface area (Å²) in [7, 11) is 0. The molecule has 0 saturated heterocycles. The van der Waals surface area contributed by atoms with E-state index in [-0.39, 0.29) is 12.4 Å². The highest BCUT2D eigenvalue weighted by Crippen LogP contribution is 2.27. The van der Waals surface area contributed by atoms with Crippen LogP contribution in [-0.4, -0.2) is 16.8 Å². The fraction of sp³-hybridized carbons (Fsp3) is 0.200. The molecule has 19 heavy (non-hydrogen) atoms. The predicted octanol–water partition coefficient (Wildman–Crippen LogP) is 3.30. The maximum Gasteiger partial charge on any atom is 0.134 e. The molecule has 0 amide bonds. The van der Waals surface area contributed by atoms with E-state index in [9.17, 15) is 5.11 Å². The highest BCUT2D eigenvalue weighted by Gasteiger charge is 2.04. The average molecular weight is 322 g/mol. The van der Waals surface area contributed by atoms with Gasteiger partial charge in [0.05, 0.1) is 4.47 Å². The molecule has 3 N–H and O–H groups in total. The third-order valence-corrected chi connectivity index (χ3v) is 3.55. The number of benzene rings is 2. The Kier molecular flexibility index (Phi) is 4.82. The summed E-state index contributed by atoms with van der Waals surface area (Å²) in [6.07, 6.45) is 0.673. The monoisotopic (exact) mass is 321 g/mol. The van der Waals surface area contributed by atoms with Crippen molar-refractivity contribution in [2.75, 3.05) is 11.9 Å². The van der Waals surface area contributed by atoms with Crippen molar-refractivity contribution in [3.8, 4) is 5.75 Å². The van der Waals surface area contributed by atoms with Gasteiger partial charge in [-0.3, -0.25) is 0 Å². The maximum absolute atomic E-state index is 9.87. The molecule has 0 aliphatic heterocycles. The second kappa shape index (κ2) is 6.59. The van der Waals surface area contributed by atoms with Crippen LogP contribution in [0.2, 0.25) is 0 Å². The summed E-state index contributed by atoms with van der Waals surface area (Å²) in [5.74, 6) is 0.270. The van der Waals surface area contributed by atoms with E-state index in [1.807, 2.05) is 42.5 Å². The van der Waals surface area contributed by atoms with Crippen LogP contribution in [0.5, 0.6) is 5.75 Å². The molecule has 0 saturated carbocycles. The van der Waals surface area contributed by atoms with Gasteiger partial charge in [0.2, 0.25) is 0 Å². The van der Waals surface area contributed by atoms with Gasteiger partial charge >= 0.3 is 0 Å². The molecule has 0 aromatic heterocycles. The van der Waals surface area contributed by atoms with Crippen molar-refractivity contribution in [1.29, 1.82) is 0 Å². The van der Waals surface area contributed by atoms with E-state index in [1.54, 1.807) is 0 Å². The van der Waals surface area contributed by atoms with Gasteiger partial charge in [-0.15, -0.1) is 0 Å². The maximum atomic E-state index is 9.87. The molecule has 2 aromatic carbocycles. The molecule has 0 aliphatic carbocycles. The Balaban J connectivity index is 2.00. The summed E-state index contributed by atoms with van der Waals surface area (Å²) in [5.41, 5.74) is 2.94. The number of phenols is 1. The zero-order chi connectivity index (χ0) is 13.7. The average Bonchev–Trinajstić information content (AvgIpc) is 2.42. The van der Waals surface area contributed by atoms with Crippen molar-refractivity contribution in [3.63, 3.8) is 0 Å². The number of hydrogen-bond donors (Lipinski definition) is 3. The Morgan fingerprint density at radius 3 is 2.47 bits per heavy atom. The van der Waals surface area contributed by atoms with Crippen molar-refractivity contribution in [2.24, 2.45) is 0 Å². The minimum atomic E-state index is 0.165. The minimum absolute atomic E-state index is 0.165. The first-order valence-electron chi connectivity index (χ1n) is 6.10. The molecule has 0 atom stereocenters. The molecule has 0 aliphatic rings. The Bertz CT molecular complexity index is 540. The van der Waals surface area contributed by atoms with Gasteiger partial charge in [0, 0.05) is 24.4 Å². The van der Waals surface area contributed by atoms with Crippen molar-refractivity contribution < 1.29 is 10.2 Å². The predicted molar refractivity (Wildman–Crippen MR) is 80.4 cm³/mol. The Morgan fingerprint density at radius 2 is 1.79 bits per heavy atom. The number of aromatic hydroxyl groups is 1. The molecule has 0 bridgehead atoms. The fourth-order valence-corrected chi connectivity index (χ4v) is 2.23. The molecule has 100 valence electrons. The lowest BCUT2D eigenvalue weighted by Gasteiger charge is -2.09. The first-order valence-corrected chi connectivity index (χ1v) is 6.90. The summed E-state index contributed by atoms with van der Waals surface area (Å²) in [6, 6.07) is 13.5. The van der Waals surface area contributed by atoms with Gasteiger partial charge in [0.25, 0.3) is 0 Å². The van der Waals surface area contributed by atoms with Crippen molar-refractivity contribution in [1.82, 2.24) is 0 Å². The highest BCUT2D eigenvalue weighted by molar-refractivity contribution is 9.10. The Labute approximate surface area is 121 Å². The van der Waals surface area contributed by atoms with Crippen LogP contribution in [0.1, 0.15) is 11.1 Å². The first kappa shape index (κ1) is 13.9. The normalized spacial score (nSPS) is 10.4. The summed E-state index contributed by atoms with van der Waals surface area (Å²) in [6.45, 7) is 0.726. The molecule has 0 spiro atoms. The van der Waals surface area contributed by atoms with Crippen LogP contribution in [0.15, 0.2) is 46.9 Å². The zero-order valence-corrected chi connectivity index (χ0v) is 12.0. The third-order valence-electron chi connectivity index (χ3n) is 2.91. The molecule has 0 heterocycles. The summed E-state index contributed by atoms with van der Waals surface area (Å²) in [4.78, 5) is 0. The van der Waals surface area contributed by atoms with Gasteiger partial charge in [0.1, 0.15) is 5.75 Å². The lowest BCUT2D eigenvalue weighted by molar-refractivity contribution is 0.299. The van der Waals surface area contributed by atoms with Crippen molar-refractivity contribution in [2.45, 2.75) is 13.0 Å². The molecule has 2 aromatic rings. The van der Waals surface area contributed by atoms with Crippen molar-refractivity contribution in [3.05, 3.63) is 58.1 Å². The van der Waals surface area contributed by atoms with Crippen LogP contribution < -0.4 is 5.32 Å². The lowest BCUT2D eigenvalue weighted by atomic mass is 10.1. The van der Waals surface area contributed by atoms with Crippen LogP contribution >= 0.6 is 15.9 Å². The second-order valence-corrected chi connectivity index (χ2v) is 5.13. The number of hydrogen-bond acceptors (Lipinski definition) is 3. The molecular weight excluding hydrogens is 306 g/mol.